The highest BCUT2D eigenvalue weighted by Gasteiger charge is 2.09. The third kappa shape index (κ3) is 1.72. The zero-order valence-electron chi connectivity index (χ0n) is 8.95. The van der Waals surface area contributed by atoms with Crippen LogP contribution < -0.4 is 5.73 Å². The van der Waals surface area contributed by atoms with Gasteiger partial charge in [-0.25, -0.2) is 4.68 Å². The van der Waals surface area contributed by atoms with E-state index in [0.29, 0.717) is 10.8 Å². The van der Waals surface area contributed by atoms with E-state index < -0.39 is 0 Å². The molecule has 8 heteroatoms. The van der Waals surface area contributed by atoms with Gasteiger partial charge in [-0.3, -0.25) is 5.10 Å². The van der Waals surface area contributed by atoms with Crippen LogP contribution in [0.15, 0.2) is 28.4 Å². The number of rotatable bonds is 2. The summed E-state index contributed by atoms with van der Waals surface area (Å²) in [6.45, 7) is 0. The Morgan fingerprint density at radius 2 is 2.29 bits per heavy atom. The molecule has 0 aliphatic rings. The van der Waals surface area contributed by atoms with Gasteiger partial charge in [0.2, 0.25) is 5.16 Å². The molecule has 3 N–H and O–H groups in total. The van der Waals surface area contributed by atoms with Crippen LogP contribution in [-0.2, 0) is 7.05 Å². The molecule has 0 fully saturated rings. The lowest BCUT2D eigenvalue weighted by Gasteiger charge is -2.03. The number of nitrogens with zero attached hydrogens (tertiary/aromatic N) is 5. The van der Waals surface area contributed by atoms with Crippen LogP contribution in [0.3, 0.4) is 0 Å². The minimum Gasteiger partial charge on any atom is -0.398 e. The number of aromatic nitrogens is 6. The van der Waals surface area contributed by atoms with E-state index in [1.54, 1.807) is 17.9 Å². The van der Waals surface area contributed by atoms with E-state index in [9.17, 15) is 0 Å². The first kappa shape index (κ1) is 10.1. The maximum Gasteiger partial charge on any atom is 0.213 e. The SMILES string of the molecule is Cn1nnnc1Sc1cc2[nH]ncc2cc1N. The zero-order chi connectivity index (χ0) is 11.8. The Labute approximate surface area is 100 Å². The third-order valence-electron chi connectivity index (χ3n) is 2.35. The standard InChI is InChI=1S/C9H9N7S/c1-16-9(13-14-15-16)17-8-3-7-5(2-6(8)10)4-11-12-7/h2-4H,10H2,1H3,(H,11,12). The second kappa shape index (κ2) is 3.74. The molecule has 2 aromatic heterocycles. The van der Waals surface area contributed by atoms with Crippen LogP contribution >= 0.6 is 11.8 Å². The molecule has 86 valence electrons. The number of nitrogens with one attached hydrogen (secondary N) is 1. The van der Waals surface area contributed by atoms with Crippen molar-refractivity contribution in [3.8, 4) is 0 Å². The summed E-state index contributed by atoms with van der Waals surface area (Å²) >= 11 is 1.42. The maximum absolute atomic E-state index is 5.97. The first-order valence-corrected chi connectivity index (χ1v) is 5.68. The molecular formula is C9H9N7S. The smallest absolute Gasteiger partial charge is 0.213 e. The average Bonchev–Trinajstić information content (AvgIpc) is 2.89. The first-order valence-electron chi connectivity index (χ1n) is 4.87. The number of aryl methyl sites for hydroxylation is 1. The van der Waals surface area contributed by atoms with E-state index in [2.05, 4.69) is 25.7 Å². The van der Waals surface area contributed by atoms with Gasteiger partial charge >= 0.3 is 0 Å². The van der Waals surface area contributed by atoms with Crippen molar-refractivity contribution in [3.05, 3.63) is 18.3 Å². The summed E-state index contributed by atoms with van der Waals surface area (Å²) in [4.78, 5) is 0.902. The molecule has 3 aromatic rings. The molecule has 17 heavy (non-hydrogen) atoms. The van der Waals surface area contributed by atoms with E-state index in [-0.39, 0.29) is 0 Å². The van der Waals surface area contributed by atoms with Gasteiger partial charge in [-0.15, -0.1) is 5.10 Å². The van der Waals surface area contributed by atoms with Crippen LogP contribution in [0.2, 0.25) is 0 Å². The fourth-order valence-electron chi connectivity index (χ4n) is 1.48. The van der Waals surface area contributed by atoms with Gasteiger partial charge in [0.25, 0.3) is 0 Å². The number of tetrazole rings is 1. The van der Waals surface area contributed by atoms with Crippen molar-refractivity contribution in [2.75, 3.05) is 5.73 Å². The number of H-pyrrole nitrogens is 1. The Balaban J connectivity index is 2.05. The second-order valence-corrected chi connectivity index (χ2v) is 4.54. The van der Waals surface area contributed by atoms with Crippen molar-refractivity contribution in [2.45, 2.75) is 10.1 Å². The van der Waals surface area contributed by atoms with E-state index in [4.69, 9.17) is 5.73 Å². The molecule has 2 heterocycles. The molecule has 0 atom stereocenters. The summed E-state index contributed by atoms with van der Waals surface area (Å²) in [7, 11) is 1.78. The molecule has 0 aliphatic carbocycles. The van der Waals surface area contributed by atoms with Crippen LogP contribution in [0.1, 0.15) is 0 Å². The Morgan fingerprint density at radius 3 is 3.06 bits per heavy atom. The van der Waals surface area contributed by atoms with Gasteiger partial charge in [-0.1, -0.05) is 0 Å². The Hall–Kier alpha value is -2.09. The Morgan fingerprint density at radius 1 is 1.41 bits per heavy atom. The van der Waals surface area contributed by atoms with Crippen molar-refractivity contribution < 1.29 is 0 Å². The van der Waals surface area contributed by atoms with Crippen molar-refractivity contribution in [1.82, 2.24) is 30.4 Å². The number of nitrogens with two attached hydrogens (primary N) is 1. The minimum atomic E-state index is 0.687. The number of fused-ring (bicyclic) bond motifs is 1. The maximum atomic E-state index is 5.97. The quantitative estimate of drug-likeness (QED) is 0.650. The highest BCUT2D eigenvalue weighted by Crippen LogP contribution is 2.32. The number of hydrogen-bond donors (Lipinski definition) is 2. The fourth-order valence-corrected chi connectivity index (χ4v) is 2.28. The van der Waals surface area contributed by atoms with Crippen molar-refractivity contribution >= 4 is 28.4 Å². The highest BCUT2D eigenvalue weighted by atomic mass is 32.2. The van der Waals surface area contributed by atoms with Gasteiger partial charge in [-0.2, -0.15) is 5.10 Å². The molecule has 0 bridgehead atoms. The Bertz CT molecular complexity index is 671. The highest BCUT2D eigenvalue weighted by molar-refractivity contribution is 7.99. The van der Waals surface area contributed by atoms with Gasteiger partial charge in [-0.05, 0) is 34.3 Å². The second-order valence-electron chi connectivity index (χ2n) is 3.53. The number of aromatic amines is 1. The molecule has 0 radical (unpaired) electrons. The van der Waals surface area contributed by atoms with Gasteiger partial charge in [0.15, 0.2) is 0 Å². The van der Waals surface area contributed by atoms with Gasteiger partial charge < -0.3 is 5.73 Å². The molecule has 0 spiro atoms. The minimum absolute atomic E-state index is 0.687. The normalized spacial score (nSPS) is 11.1. The third-order valence-corrected chi connectivity index (χ3v) is 3.46. The van der Waals surface area contributed by atoms with Crippen molar-refractivity contribution in [3.63, 3.8) is 0 Å². The van der Waals surface area contributed by atoms with Crippen molar-refractivity contribution in [2.24, 2.45) is 7.05 Å². The van der Waals surface area contributed by atoms with Crippen LogP contribution in [0.25, 0.3) is 10.9 Å². The monoisotopic (exact) mass is 247 g/mol. The predicted octanol–water partition coefficient (Wildman–Crippen LogP) is 0.820. The summed E-state index contributed by atoms with van der Waals surface area (Å²) in [5.41, 5.74) is 7.60. The molecule has 0 saturated heterocycles. The summed E-state index contributed by atoms with van der Waals surface area (Å²) in [6, 6.07) is 3.82. The van der Waals surface area contributed by atoms with E-state index in [0.717, 1.165) is 15.8 Å². The molecule has 0 amide bonds. The van der Waals surface area contributed by atoms with Crippen LogP contribution in [-0.4, -0.2) is 30.4 Å². The number of hydrogen-bond acceptors (Lipinski definition) is 6. The van der Waals surface area contributed by atoms with E-state index in [1.165, 1.54) is 11.8 Å². The number of anilines is 1. The van der Waals surface area contributed by atoms with Crippen molar-refractivity contribution in [1.29, 1.82) is 0 Å². The topological polar surface area (TPSA) is 98.3 Å². The lowest BCUT2D eigenvalue weighted by atomic mass is 10.2. The van der Waals surface area contributed by atoms with Gasteiger partial charge in [0.1, 0.15) is 0 Å². The molecule has 1 aromatic carbocycles. The fraction of sp³-hybridized carbons (Fsp3) is 0.111. The van der Waals surface area contributed by atoms with Crippen LogP contribution in [0, 0.1) is 0 Å². The number of benzene rings is 1. The zero-order valence-corrected chi connectivity index (χ0v) is 9.77. The van der Waals surface area contributed by atoms with Crippen LogP contribution in [0.4, 0.5) is 5.69 Å². The van der Waals surface area contributed by atoms with E-state index >= 15 is 0 Å². The predicted molar refractivity (Wildman–Crippen MR) is 63.4 cm³/mol. The lowest BCUT2D eigenvalue weighted by Crippen LogP contribution is -1.94. The largest absolute Gasteiger partial charge is 0.398 e. The molecule has 0 aliphatic heterocycles. The molecule has 7 nitrogen and oxygen atoms in total. The molecule has 3 rings (SSSR count). The molecule has 0 unspecified atom stereocenters. The molecular weight excluding hydrogens is 238 g/mol. The summed E-state index contributed by atoms with van der Waals surface area (Å²) in [5.74, 6) is 0. The van der Waals surface area contributed by atoms with E-state index in [1.807, 2.05) is 12.1 Å². The van der Waals surface area contributed by atoms with Gasteiger partial charge in [0.05, 0.1) is 11.7 Å². The van der Waals surface area contributed by atoms with Gasteiger partial charge in [0, 0.05) is 23.0 Å². The first-order chi connectivity index (χ1) is 8.24. The summed E-state index contributed by atoms with van der Waals surface area (Å²) in [5, 5.41) is 19.8. The average molecular weight is 247 g/mol. The summed E-state index contributed by atoms with van der Waals surface area (Å²) < 4.78 is 1.60. The number of nitrogen functional groups attached to an aromatic ring is 1. The van der Waals surface area contributed by atoms with Crippen LogP contribution in [0.5, 0.6) is 0 Å². The molecule has 0 saturated carbocycles. The summed E-state index contributed by atoms with van der Waals surface area (Å²) in [6.07, 6.45) is 1.74. The lowest BCUT2D eigenvalue weighted by molar-refractivity contribution is 0.664. The Kier molecular flexibility index (Phi) is 2.22.